The van der Waals surface area contributed by atoms with Crippen LogP contribution in [0.25, 0.3) is 22.3 Å². The SMILES string of the molecule is CCCCCCCCC(=O)Oc1c(-c2ccccc2)oc2cc(O)c(C(=O)CCCCCCCC)c(OC(=O)CCCCCCCC)c2c1=O. The number of carbonyl (C=O) groups is 3. The number of Topliss-reactive ketones (excluding diaryl/α,β-unsaturated/α-hetero) is 1. The first-order chi connectivity index (χ1) is 24.3. The lowest BCUT2D eigenvalue weighted by atomic mass is 9.99. The second kappa shape index (κ2) is 22.7. The lowest BCUT2D eigenvalue weighted by Gasteiger charge is -2.16. The maximum Gasteiger partial charge on any atom is 0.311 e. The average Bonchev–Trinajstić information content (AvgIpc) is 3.10. The molecular formula is C42H58O8. The van der Waals surface area contributed by atoms with Crippen LogP contribution in [0.2, 0.25) is 0 Å². The van der Waals surface area contributed by atoms with Crippen LogP contribution in [0.4, 0.5) is 0 Å². The summed E-state index contributed by atoms with van der Waals surface area (Å²) in [5.74, 6) is -2.74. The molecule has 0 spiro atoms. The van der Waals surface area contributed by atoms with E-state index in [9.17, 15) is 24.3 Å². The fraction of sp³-hybridized carbons (Fsp3) is 0.571. The number of aromatic hydroxyl groups is 1. The largest absolute Gasteiger partial charge is 0.507 e. The Labute approximate surface area is 297 Å². The van der Waals surface area contributed by atoms with Crippen LogP contribution in [0.5, 0.6) is 17.2 Å². The van der Waals surface area contributed by atoms with Crippen LogP contribution in [0.1, 0.15) is 166 Å². The van der Waals surface area contributed by atoms with Crippen molar-refractivity contribution in [3.8, 4) is 28.6 Å². The number of fused-ring (bicyclic) bond motifs is 1. The zero-order chi connectivity index (χ0) is 36.1. The molecule has 1 N–H and O–H groups in total. The predicted octanol–water partition coefficient (Wildman–Crippen LogP) is 11.4. The van der Waals surface area contributed by atoms with Crippen molar-refractivity contribution in [2.24, 2.45) is 0 Å². The van der Waals surface area contributed by atoms with Crippen molar-refractivity contribution in [1.29, 1.82) is 0 Å². The molecular weight excluding hydrogens is 632 g/mol. The van der Waals surface area contributed by atoms with Crippen molar-refractivity contribution in [2.75, 3.05) is 0 Å². The number of benzene rings is 2. The number of ether oxygens (including phenoxy) is 2. The van der Waals surface area contributed by atoms with Gasteiger partial charge in [-0.1, -0.05) is 147 Å². The Morgan fingerprint density at radius 2 is 1.08 bits per heavy atom. The van der Waals surface area contributed by atoms with Gasteiger partial charge in [0.1, 0.15) is 22.3 Å². The molecule has 0 atom stereocenters. The van der Waals surface area contributed by atoms with Gasteiger partial charge >= 0.3 is 11.9 Å². The van der Waals surface area contributed by atoms with Gasteiger partial charge in [0, 0.05) is 30.9 Å². The van der Waals surface area contributed by atoms with Gasteiger partial charge in [-0.3, -0.25) is 19.2 Å². The van der Waals surface area contributed by atoms with Crippen LogP contribution in [0, 0.1) is 0 Å². The topological polar surface area (TPSA) is 120 Å². The molecule has 274 valence electrons. The molecule has 8 nitrogen and oxygen atoms in total. The van der Waals surface area contributed by atoms with Gasteiger partial charge in [-0.05, 0) is 19.3 Å². The first kappa shape index (κ1) is 40.5. The van der Waals surface area contributed by atoms with Crippen LogP contribution >= 0.6 is 0 Å². The van der Waals surface area contributed by atoms with Gasteiger partial charge in [0.05, 0.1) is 0 Å². The van der Waals surface area contributed by atoms with E-state index in [-0.39, 0.29) is 53.1 Å². The number of phenolic OH excluding ortho intramolecular Hbond substituents is 1. The molecule has 1 heterocycles. The number of hydrogen-bond donors (Lipinski definition) is 1. The van der Waals surface area contributed by atoms with Crippen LogP contribution in [-0.2, 0) is 9.59 Å². The minimum Gasteiger partial charge on any atom is -0.507 e. The summed E-state index contributed by atoms with van der Waals surface area (Å²) in [6.07, 6.45) is 17.7. The molecule has 0 amide bonds. The van der Waals surface area contributed by atoms with Crippen LogP contribution < -0.4 is 14.9 Å². The zero-order valence-electron chi connectivity index (χ0n) is 30.6. The van der Waals surface area contributed by atoms with E-state index >= 15 is 0 Å². The van der Waals surface area contributed by atoms with E-state index in [0.29, 0.717) is 24.8 Å². The predicted molar refractivity (Wildman–Crippen MR) is 199 cm³/mol. The minimum atomic E-state index is -0.752. The summed E-state index contributed by atoms with van der Waals surface area (Å²) >= 11 is 0. The standard InChI is InChI=1S/C42H58O8/c1-4-7-10-13-16-22-27-32(43)37-33(44)30-34-38(41(37)49-35(45)28-23-17-14-11-8-5-2)39(47)42(40(48-34)31-25-20-19-21-26-31)50-36(46)29-24-18-15-12-9-6-3/h19-21,25-26,30,44H,4-18,22-24,27-29H2,1-3H3. The Bertz CT molecular complexity index is 1560. The van der Waals surface area contributed by atoms with Crippen molar-refractivity contribution in [3.05, 3.63) is 52.2 Å². The van der Waals surface area contributed by atoms with E-state index in [4.69, 9.17) is 13.9 Å². The molecule has 0 aliphatic heterocycles. The molecule has 0 aliphatic rings. The first-order valence-corrected chi connectivity index (χ1v) is 19.2. The van der Waals surface area contributed by atoms with Crippen molar-refractivity contribution >= 4 is 28.7 Å². The second-order valence-corrected chi connectivity index (χ2v) is 13.4. The normalized spacial score (nSPS) is 11.2. The summed E-state index contributed by atoms with van der Waals surface area (Å²) in [6.45, 7) is 6.43. The van der Waals surface area contributed by atoms with E-state index < -0.39 is 28.9 Å². The molecule has 0 saturated heterocycles. The van der Waals surface area contributed by atoms with E-state index in [1.807, 2.05) is 6.07 Å². The third-order valence-corrected chi connectivity index (χ3v) is 9.05. The molecule has 8 heteroatoms. The monoisotopic (exact) mass is 690 g/mol. The van der Waals surface area contributed by atoms with E-state index in [0.717, 1.165) is 96.3 Å². The highest BCUT2D eigenvalue weighted by Gasteiger charge is 2.29. The fourth-order valence-corrected chi connectivity index (χ4v) is 6.15. The summed E-state index contributed by atoms with van der Waals surface area (Å²) in [4.78, 5) is 54.4. The summed E-state index contributed by atoms with van der Waals surface area (Å²) < 4.78 is 17.8. The van der Waals surface area contributed by atoms with Crippen LogP contribution in [0.3, 0.4) is 0 Å². The number of unbranched alkanes of at least 4 members (excludes halogenated alkanes) is 15. The number of carbonyl (C=O) groups excluding carboxylic acids is 3. The molecule has 1 aromatic heterocycles. The van der Waals surface area contributed by atoms with E-state index in [2.05, 4.69) is 20.8 Å². The van der Waals surface area contributed by atoms with E-state index in [1.54, 1.807) is 24.3 Å². The lowest BCUT2D eigenvalue weighted by molar-refractivity contribution is -0.135. The number of hydrogen-bond acceptors (Lipinski definition) is 8. The van der Waals surface area contributed by atoms with Crippen molar-refractivity contribution in [2.45, 2.75) is 156 Å². The Morgan fingerprint density at radius 3 is 1.60 bits per heavy atom. The quantitative estimate of drug-likeness (QED) is 0.0403. The number of phenols is 1. The Hall–Kier alpha value is -3.94. The smallest absolute Gasteiger partial charge is 0.311 e. The van der Waals surface area contributed by atoms with Gasteiger partial charge in [0.15, 0.2) is 17.3 Å². The zero-order valence-corrected chi connectivity index (χ0v) is 30.6. The summed E-state index contributed by atoms with van der Waals surface area (Å²) in [6, 6.07) is 9.98. The number of esters is 2. The van der Waals surface area contributed by atoms with Crippen molar-refractivity contribution in [3.63, 3.8) is 0 Å². The molecule has 0 bridgehead atoms. The van der Waals surface area contributed by atoms with Crippen molar-refractivity contribution in [1.82, 2.24) is 0 Å². The summed E-state index contributed by atoms with van der Waals surface area (Å²) in [5.41, 5.74) is -0.581. The molecule has 2 aromatic carbocycles. The molecule has 0 unspecified atom stereocenters. The highest BCUT2D eigenvalue weighted by Crippen LogP contribution is 2.40. The minimum absolute atomic E-state index is 0.00862. The Balaban J connectivity index is 2.04. The second-order valence-electron chi connectivity index (χ2n) is 13.4. The third-order valence-electron chi connectivity index (χ3n) is 9.05. The Kier molecular flexibility index (Phi) is 18.4. The highest BCUT2D eigenvalue weighted by molar-refractivity contribution is 6.08. The fourth-order valence-electron chi connectivity index (χ4n) is 6.15. The third kappa shape index (κ3) is 12.7. The van der Waals surface area contributed by atoms with Gasteiger partial charge in [-0.15, -0.1) is 0 Å². The van der Waals surface area contributed by atoms with Crippen LogP contribution in [0.15, 0.2) is 45.6 Å². The number of ketones is 1. The van der Waals surface area contributed by atoms with Crippen LogP contribution in [-0.4, -0.2) is 22.8 Å². The molecule has 50 heavy (non-hydrogen) atoms. The molecule has 0 radical (unpaired) electrons. The van der Waals surface area contributed by atoms with Gasteiger partial charge in [-0.25, -0.2) is 0 Å². The van der Waals surface area contributed by atoms with Gasteiger partial charge in [0.25, 0.3) is 0 Å². The maximum absolute atomic E-state index is 14.4. The summed E-state index contributed by atoms with van der Waals surface area (Å²) in [7, 11) is 0. The summed E-state index contributed by atoms with van der Waals surface area (Å²) in [5, 5.41) is 11.0. The Morgan fingerprint density at radius 1 is 0.620 bits per heavy atom. The first-order valence-electron chi connectivity index (χ1n) is 19.2. The molecule has 3 aromatic rings. The lowest BCUT2D eigenvalue weighted by Crippen LogP contribution is -2.19. The maximum atomic E-state index is 14.4. The molecule has 3 rings (SSSR count). The van der Waals surface area contributed by atoms with Gasteiger partial charge in [0.2, 0.25) is 11.2 Å². The molecule has 0 aliphatic carbocycles. The van der Waals surface area contributed by atoms with Crippen molar-refractivity contribution < 1.29 is 33.4 Å². The molecule has 0 fully saturated rings. The van der Waals surface area contributed by atoms with E-state index in [1.165, 1.54) is 6.07 Å². The molecule has 0 saturated carbocycles. The van der Waals surface area contributed by atoms with Gasteiger partial charge < -0.3 is 19.0 Å². The highest BCUT2D eigenvalue weighted by atomic mass is 16.5. The van der Waals surface area contributed by atoms with Gasteiger partial charge in [-0.2, -0.15) is 0 Å². The number of rotatable bonds is 25. The average molecular weight is 691 g/mol.